The van der Waals surface area contributed by atoms with Crippen molar-refractivity contribution in [1.29, 1.82) is 0 Å². The molecule has 0 bridgehead atoms. The molecule has 128 valence electrons. The summed E-state index contributed by atoms with van der Waals surface area (Å²) < 4.78 is 9.39. The lowest BCUT2D eigenvalue weighted by Crippen LogP contribution is -2.40. The molecule has 1 atom stereocenters. The Hall–Kier alpha value is -2.08. The van der Waals surface area contributed by atoms with E-state index in [1.807, 2.05) is 41.0 Å². The summed E-state index contributed by atoms with van der Waals surface area (Å²) in [6, 6.07) is 3.79. The van der Waals surface area contributed by atoms with E-state index < -0.39 is 0 Å². The van der Waals surface area contributed by atoms with Gasteiger partial charge < -0.3 is 14.2 Å². The van der Waals surface area contributed by atoms with E-state index in [0.717, 1.165) is 18.2 Å². The molecule has 4 rings (SSSR count). The van der Waals surface area contributed by atoms with E-state index in [9.17, 15) is 4.79 Å². The molecule has 6 heteroatoms. The normalized spacial score (nSPS) is 20.2. The van der Waals surface area contributed by atoms with Crippen LogP contribution < -0.4 is 0 Å². The maximum atomic E-state index is 12.9. The summed E-state index contributed by atoms with van der Waals surface area (Å²) in [7, 11) is 3.62. The van der Waals surface area contributed by atoms with Gasteiger partial charge in [-0.3, -0.25) is 9.48 Å². The summed E-state index contributed by atoms with van der Waals surface area (Å²) in [5.41, 5.74) is 3.15. The molecular formula is C18H24N4O2. The number of hydrogen-bond donors (Lipinski definition) is 0. The van der Waals surface area contributed by atoms with Crippen molar-refractivity contribution < 1.29 is 9.53 Å². The smallest absolute Gasteiger partial charge is 0.270 e. The van der Waals surface area contributed by atoms with Crippen molar-refractivity contribution >= 4 is 5.91 Å². The first-order chi connectivity index (χ1) is 11.7. The van der Waals surface area contributed by atoms with Gasteiger partial charge in [-0.25, -0.2) is 0 Å². The van der Waals surface area contributed by atoms with Crippen LogP contribution >= 0.6 is 0 Å². The maximum absolute atomic E-state index is 12.9. The first-order valence-electron chi connectivity index (χ1n) is 8.61. The second-order valence-electron chi connectivity index (χ2n) is 7.01. The van der Waals surface area contributed by atoms with Crippen LogP contribution in [0.1, 0.15) is 40.5 Å². The van der Waals surface area contributed by atoms with Gasteiger partial charge in [0, 0.05) is 44.9 Å². The molecule has 0 radical (unpaired) electrons. The number of hydrogen-bond acceptors (Lipinski definition) is 3. The number of carbonyl (C=O) groups is 1. The summed E-state index contributed by atoms with van der Waals surface area (Å²) in [4.78, 5) is 14.9. The van der Waals surface area contributed by atoms with Crippen LogP contribution in [0.2, 0.25) is 0 Å². The van der Waals surface area contributed by atoms with Gasteiger partial charge in [0.2, 0.25) is 0 Å². The Morgan fingerprint density at radius 2 is 2.25 bits per heavy atom. The van der Waals surface area contributed by atoms with Gasteiger partial charge >= 0.3 is 0 Å². The van der Waals surface area contributed by atoms with Gasteiger partial charge in [0.1, 0.15) is 5.69 Å². The molecular weight excluding hydrogens is 304 g/mol. The van der Waals surface area contributed by atoms with Crippen molar-refractivity contribution in [2.24, 2.45) is 13.0 Å². The van der Waals surface area contributed by atoms with E-state index in [1.54, 1.807) is 7.11 Å². The summed E-state index contributed by atoms with van der Waals surface area (Å²) in [5, 5.41) is 4.60. The third-order valence-electron chi connectivity index (χ3n) is 5.15. The topological polar surface area (TPSA) is 52.3 Å². The summed E-state index contributed by atoms with van der Waals surface area (Å²) in [6.45, 7) is 2.90. The Labute approximate surface area is 142 Å². The second kappa shape index (κ2) is 6.09. The van der Waals surface area contributed by atoms with Gasteiger partial charge in [-0.05, 0) is 30.9 Å². The number of fused-ring (bicyclic) bond motifs is 1. The number of nitrogens with zero attached hydrogens (tertiary/aromatic N) is 4. The number of rotatable bonds is 5. The van der Waals surface area contributed by atoms with Crippen LogP contribution in [0.25, 0.3) is 0 Å². The lowest BCUT2D eigenvalue weighted by atomic mass is 9.95. The van der Waals surface area contributed by atoms with Gasteiger partial charge in [0.25, 0.3) is 5.91 Å². The number of aryl methyl sites for hydroxylation is 1. The highest BCUT2D eigenvalue weighted by Crippen LogP contribution is 2.34. The van der Waals surface area contributed by atoms with Crippen molar-refractivity contribution in [3.05, 3.63) is 41.5 Å². The third kappa shape index (κ3) is 2.75. The molecule has 6 nitrogen and oxygen atoms in total. The van der Waals surface area contributed by atoms with Gasteiger partial charge in [-0.2, -0.15) is 5.10 Å². The molecule has 0 unspecified atom stereocenters. The Morgan fingerprint density at radius 3 is 2.92 bits per heavy atom. The molecule has 1 saturated carbocycles. The van der Waals surface area contributed by atoms with E-state index >= 15 is 0 Å². The van der Waals surface area contributed by atoms with Crippen LogP contribution in [-0.4, -0.2) is 45.4 Å². The monoisotopic (exact) mass is 328 g/mol. The zero-order valence-electron chi connectivity index (χ0n) is 14.3. The quantitative estimate of drug-likeness (QED) is 0.844. The Kier molecular flexibility index (Phi) is 3.92. The first-order valence-corrected chi connectivity index (χ1v) is 8.61. The van der Waals surface area contributed by atoms with Crippen molar-refractivity contribution in [3.8, 4) is 0 Å². The Bertz CT molecular complexity index is 744. The summed E-state index contributed by atoms with van der Waals surface area (Å²) >= 11 is 0. The Balaban J connectivity index is 1.63. The van der Waals surface area contributed by atoms with Crippen molar-refractivity contribution in [1.82, 2.24) is 19.2 Å². The van der Waals surface area contributed by atoms with Crippen LogP contribution in [-0.2, 0) is 24.9 Å². The van der Waals surface area contributed by atoms with Crippen molar-refractivity contribution in [3.63, 3.8) is 0 Å². The molecule has 0 spiro atoms. The molecule has 2 aromatic heterocycles. The molecule has 24 heavy (non-hydrogen) atoms. The first kappa shape index (κ1) is 15.4. The molecule has 0 aromatic carbocycles. The minimum absolute atomic E-state index is 0.0772. The summed E-state index contributed by atoms with van der Waals surface area (Å²) in [5.74, 6) is 1.03. The van der Waals surface area contributed by atoms with Gasteiger partial charge in [0.15, 0.2) is 0 Å². The minimum Gasteiger partial charge on any atom is -0.384 e. The highest BCUT2D eigenvalue weighted by Gasteiger charge is 2.33. The fraction of sp³-hybridized carbons (Fsp3) is 0.556. The minimum atomic E-state index is 0.0772. The predicted octanol–water partition coefficient (Wildman–Crippen LogP) is 2.02. The molecule has 0 saturated heterocycles. The number of methoxy groups -OCH3 is 1. The number of aromatic nitrogens is 3. The molecule has 2 aliphatic rings. The lowest BCUT2D eigenvalue weighted by molar-refractivity contribution is 0.0664. The zero-order chi connectivity index (χ0) is 16.7. The van der Waals surface area contributed by atoms with E-state index in [2.05, 4.69) is 9.78 Å². The van der Waals surface area contributed by atoms with E-state index in [1.165, 1.54) is 24.1 Å². The molecule has 1 aliphatic carbocycles. The van der Waals surface area contributed by atoms with Crippen molar-refractivity contribution in [2.75, 3.05) is 20.3 Å². The average molecular weight is 328 g/mol. The standard InChI is InChI=1S/C18H24N4O2/c1-20-7-3-4-16(20)18(23)21-10-14(12-24-2)15-8-19-22(17(15)11-21)9-13-5-6-13/h3-4,7-8,13-14H,5-6,9-12H2,1-2H3/t14-/m1/s1. The Morgan fingerprint density at radius 1 is 1.42 bits per heavy atom. The predicted molar refractivity (Wildman–Crippen MR) is 89.7 cm³/mol. The second-order valence-corrected chi connectivity index (χ2v) is 7.01. The van der Waals surface area contributed by atoms with Gasteiger partial charge in [-0.1, -0.05) is 0 Å². The van der Waals surface area contributed by atoms with Crippen LogP contribution in [0.3, 0.4) is 0 Å². The molecule has 1 aliphatic heterocycles. The SMILES string of the molecule is COC[C@H]1CN(C(=O)c2cccn2C)Cc2c1cnn2CC1CC1. The number of amides is 1. The highest BCUT2D eigenvalue weighted by molar-refractivity contribution is 5.93. The molecule has 3 heterocycles. The van der Waals surface area contributed by atoms with E-state index in [4.69, 9.17) is 4.74 Å². The number of carbonyl (C=O) groups excluding carboxylic acids is 1. The molecule has 1 amide bonds. The molecule has 0 N–H and O–H groups in total. The number of ether oxygens (including phenoxy) is 1. The lowest BCUT2D eigenvalue weighted by Gasteiger charge is -2.33. The maximum Gasteiger partial charge on any atom is 0.270 e. The van der Waals surface area contributed by atoms with Crippen LogP contribution in [0.15, 0.2) is 24.5 Å². The highest BCUT2D eigenvalue weighted by atomic mass is 16.5. The van der Waals surface area contributed by atoms with Crippen LogP contribution in [0, 0.1) is 5.92 Å². The largest absolute Gasteiger partial charge is 0.384 e. The molecule has 2 aromatic rings. The molecule has 1 fully saturated rings. The summed E-state index contributed by atoms with van der Waals surface area (Å²) in [6.07, 6.45) is 6.47. The van der Waals surface area contributed by atoms with Gasteiger partial charge in [0.05, 0.1) is 25.0 Å². The fourth-order valence-electron chi connectivity index (χ4n) is 3.59. The fourth-order valence-corrected chi connectivity index (χ4v) is 3.59. The third-order valence-corrected chi connectivity index (χ3v) is 5.15. The van der Waals surface area contributed by atoms with E-state index in [-0.39, 0.29) is 11.8 Å². The van der Waals surface area contributed by atoms with Crippen LogP contribution in [0.4, 0.5) is 0 Å². The van der Waals surface area contributed by atoms with Gasteiger partial charge in [-0.15, -0.1) is 0 Å². The zero-order valence-corrected chi connectivity index (χ0v) is 14.3. The average Bonchev–Trinajstić information content (AvgIpc) is 3.14. The van der Waals surface area contributed by atoms with Crippen molar-refractivity contribution in [2.45, 2.75) is 31.8 Å². The van der Waals surface area contributed by atoms with Crippen LogP contribution in [0.5, 0.6) is 0 Å². The van der Waals surface area contributed by atoms with E-state index in [0.29, 0.717) is 19.7 Å².